The van der Waals surface area contributed by atoms with Gasteiger partial charge < -0.3 is 15.2 Å². The van der Waals surface area contributed by atoms with Gasteiger partial charge in [0.2, 0.25) is 0 Å². The summed E-state index contributed by atoms with van der Waals surface area (Å²) < 4.78 is 27.5. The average Bonchev–Trinajstić information content (AvgIpc) is 2.58. The van der Waals surface area contributed by atoms with Crippen LogP contribution in [0.3, 0.4) is 0 Å². The number of hydrogen-bond donors (Lipinski definition) is 2. The van der Waals surface area contributed by atoms with Gasteiger partial charge >= 0.3 is 0 Å². The van der Waals surface area contributed by atoms with E-state index in [2.05, 4.69) is 5.32 Å². The van der Waals surface area contributed by atoms with E-state index in [1.807, 2.05) is 0 Å². The predicted molar refractivity (Wildman–Crippen MR) is 65.3 cm³/mol. The highest BCUT2D eigenvalue weighted by Gasteiger charge is 2.27. The van der Waals surface area contributed by atoms with Gasteiger partial charge in [0, 0.05) is 17.8 Å². The highest BCUT2D eigenvalue weighted by molar-refractivity contribution is 7.91. The van der Waals surface area contributed by atoms with Gasteiger partial charge in [0.1, 0.15) is 0 Å². The largest absolute Gasteiger partial charge is 0.504 e. The Hall–Kier alpha value is -1.43. The van der Waals surface area contributed by atoms with Crippen molar-refractivity contribution >= 4 is 15.5 Å². The Labute approximate surface area is 100 Å². The second-order valence-electron chi connectivity index (χ2n) is 4.13. The van der Waals surface area contributed by atoms with Gasteiger partial charge in [-0.3, -0.25) is 0 Å². The lowest BCUT2D eigenvalue weighted by Crippen LogP contribution is -2.20. The second-order valence-corrected chi connectivity index (χ2v) is 6.36. The number of phenols is 1. The Morgan fingerprint density at radius 2 is 2.24 bits per heavy atom. The number of aromatic hydroxyl groups is 1. The third-order valence-electron chi connectivity index (χ3n) is 2.78. The van der Waals surface area contributed by atoms with E-state index in [4.69, 9.17) is 4.74 Å². The van der Waals surface area contributed by atoms with Gasteiger partial charge in [0.15, 0.2) is 21.3 Å². The van der Waals surface area contributed by atoms with Crippen molar-refractivity contribution in [2.24, 2.45) is 0 Å². The number of ether oxygens (including phenoxy) is 1. The molecule has 2 N–H and O–H groups in total. The Balaban J connectivity index is 2.07. The van der Waals surface area contributed by atoms with Crippen LogP contribution in [0.2, 0.25) is 0 Å². The molecule has 0 aromatic heterocycles. The molecule has 2 rings (SSSR count). The summed E-state index contributed by atoms with van der Waals surface area (Å²) in [5.41, 5.74) is 0.699. The Morgan fingerprint density at radius 3 is 2.76 bits per heavy atom. The van der Waals surface area contributed by atoms with Crippen LogP contribution in [-0.4, -0.2) is 38.2 Å². The van der Waals surface area contributed by atoms with Crippen LogP contribution in [0.15, 0.2) is 18.2 Å². The van der Waals surface area contributed by atoms with E-state index in [9.17, 15) is 13.5 Å². The van der Waals surface area contributed by atoms with Crippen molar-refractivity contribution in [1.82, 2.24) is 0 Å². The minimum absolute atomic E-state index is 0.0401. The van der Waals surface area contributed by atoms with Crippen molar-refractivity contribution in [2.75, 3.05) is 23.9 Å². The van der Waals surface area contributed by atoms with E-state index in [0.717, 1.165) is 0 Å². The van der Waals surface area contributed by atoms with Gasteiger partial charge in [-0.2, -0.15) is 0 Å². The fourth-order valence-corrected chi connectivity index (χ4v) is 3.60. The molecule has 1 aromatic carbocycles. The molecule has 1 atom stereocenters. The molecule has 1 aromatic rings. The molecular weight excluding hydrogens is 242 g/mol. The topological polar surface area (TPSA) is 75.6 Å². The maximum atomic E-state index is 11.3. The maximum absolute atomic E-state index is 11.3. The zero-order valence-electron chi connectivity index (χ0n) is 9.51. The van der Waals surface area contributed by atoms with Gasteiger partial charge in [-0.05, 0) is 18.6 Å². The van der Waals surface area contributed by atoms with E-state index in [1.54, 1.807) is 12.1 Å². The first-order chi connectivity index (χ1) is 8.00. The number of rotatable bonds is 3. The molecule has 0 aliphatic carbocycles. The van der Waals surface area contributed by atoms with Crippen LogP contribution < -0.4 is 10.1 Å². The van der Waals surface area contributed by atoms with Crippen molar-refractivity contribution < 1.29 is 18.3 Å². The smallest absolute Gasteiger partial charge is 0.160 e. The first kappa shape index (κ1) is 12.0. The normalized spacial score (nSPS) is 22.3. The SMILES string of the molecule is COc1ccc(NC2CCS(=O)(=O)C2)cc1O. The van der Waals surface area contributed by atoms with Gasteiger partial charge in [0.05, 0.1) is 18.6 Å². The lowest BCUT2D eigenvalue weighted by molar-refractivity contribution is 0.373. The molecule has 1 saturated heterocycles. The first-order valence-electron chi connectivity index (χ1n) is 5.34. The molecule has 17 heavy (non-hydrogen) atoms. The zero-order valence-corrected chi connectivity index (χ0v) is 10.3. The van der Waals surface area contributed by atoms with E-state index < -0.39 is 9.84 Å². The number of hydrogen-bond acceptors (Lipinski definition) is 5. The zero-order chi connectivity index (χ0) is 12.5. The van der Waals surface area contributed by atoms with Crippen LogP contribution in [0.25, 0.3) is 0 Å². The minimum atomic E-state index is -2.89. The highest BCUT2D eigenvalue weighted by Crippen LogP contribution is 2.29. The van der Waals surface area contributed by atoms with Crippen LogP contribution in [0.1, 0.15) is 6.42 Å². The maximum Gasteiger partial charge on any atom is 0.160 e. The number of methoxy groups -OCH3 is 1. The lowest BCUT2D eigenvalue weighted by atomic mass is 10.2. The minimum Gasteiger partial charge on any atom is -0.504 e. The Morgan fingerprint density at radius 1 is 1.47 bits per heavy atom. The summed E-state index contributed by atoms with van der Waals surface area (Å²) in [5.74, 6) is 0.819. The van der Waals surface area contributed by atoms with Crippen molar-refractivity contribution in [3.8, 4) is 11.5 Å². The lowest BCUT2D eigenvalue weighted by Gasteiger charge is -2.13. The third kappa shape index (κ3) is 2.82. The van der Waals surface area contributed by atoms with Crippen LogP contribution >= 0.6 is 0 Å². The van der Waals surface area contributed by atoms with Crippen molar-refractivity contribution in [1.29, 1.82) is 0 Å². The number of sulfone groups is 1. The third-order valence-corrected chi connectivity index (χ3v) is 4.55. The number of anilines is 1. The van der Waals surface area contributed by atoms with Crippen LogP contribution in [0.5, 0.6) is 11.5 Å². The molecule has 0 saturated carbocycles. The molecule has 1 unspecified atom stereocenters. The van der Waals surface area contributed by atoms with E-state index in [1.165, 1.54) is 13.2 Å². The van der Waals surface area contributed by atoms with Crippen LogP contribution in [0, 0.1) is 0 Å². The van der Waals surface area contributed by atoms with Gasteiger partial charge in [-0.1, -0.05) is 0 Å². The molecule has 5 nitrogen and oxygen atoms in total. The molecule has 0 amide bonds. The molecular formula is C11H15NO4S. The molecule has 1 heterocycles. The summed E-state index contributed by atoms with van der Waals surface area (Å²) in [4.78, 5) is 0. The molecule has 0 bridgehead atoms. The quantitative estimate of drug-likeness (QED) is 0.845. The Bertz CT molecular complexity index is 512. The van der Waals surface area contributed by atoms with Gasteiger partial charge in [-0.15, -0.1) is 0 Å². The second kappa shape index (κ2) is 4.44. The van der Waals surface area contributed by atoms with Crippen molar-refractivity contribution in [3.05, 3.63) is 18.2 Å². The van der Waals surface area contributed by atoms with Crippen LogP contribution in [0.4, 0.5) is 5.69 Å². The van der Waals surface area contributed by atoms with Crippen molar-refractivity contribution in [2.45, 2.75) is 12.5 Å². The summed E-state index contributed by atoms with van der Waals surface area (Å²) in [5, 5.41) is 12.7. The Kier molecular flexibility index (Phi) is 3.15. The fraction of sp³-hybridized carbons (Fsp3) is 0.455. The van der Waals surface area contributed by atoms with E-state index in [-0.39, 0.29) is 23.3 Å². The number of phenolic OH excluding ortho intramolecular Hbond substituents is 1. The molecule has 0 spiro atoms. The summed E-state index contributed by atoms with van der Waals surface area (Å²) in [6.45, 7) is 0. The molecule has 1 aliphatic heterocycles. The van der Waals surface area contributed by atoms with Crippen LogP contribution in [-0.2, 0) is 9.84 Å². The summed E-state index contributed by atoms with van der Waals surface area (Å²) in [6.07, 6.45) is 0.606. The van der Waals surface area contributed by atoms with E-state index in [0.29, 0.717) is 17.9 Å². The van der Waals surface area contributed by atoms with Crippen molar-refractivity contribution in [3.63, 3.8) is 0 Å². The standard InChI is InChI=1S/C11H15NO4S/c1-16-11-3-2-8(6-10(11)13)12-9-4-5-17(14,15)7-9/h2-3,6,9,12-13H,4-5,7H2,1H3. The van der Waals surface area contributed by atoms with E-state index >= 15 is 0 Å². The van der Waals surface area contributed by atoms with Gasteiger partial charge in [0.25, 0.3) is 0 Å². The molecule has 6 heteroatoms. The predicted octanol–water partition coefficient (Wildman–Crippen LogP) is 1.000. The number of nitrogens with one attached hydrogen (secondary N) is 1. The molecule has 94 valence electrons. The molecule has 1 aliphatic rings. The summed E-state index contributed by atoms with van der Waals surface area (Å²) in [6, 6.07) is 4.85. The first-order valence-corrected chi connectivity index (χ1v) is 7.16. The number of benzene rings is 1. The average molecular weight is 257 g/mol. The monoisotopic (exact) mass is 257 g/mol. The highest BCUT2D eigenvalue weighted by atomic mass is 32.2. The summed E-state index contributed by atoms with van der Waals surface area (Å²) >= 11 is 0. The van der Waals surface area contributed by atoms with Gasteiger partial charge in [-0.25, -0.2) is 8.42 Å². The molecule has 1 fully saturated rings. The fourth-order valence-electron chi connectivity index (χ4n) is 1.92. The molecule has 0 radical (unpaired) electrons. The summed E-state index contributed by atoms with van der Waals surface area (Å²) in [7, 11) is -1.41.